The highest BCUT2D eigenvalue weighted by molar-refractivity contribution is 5.49. The van der Waals surface area contributed by atoms with Crippen LogP contribution in [0, 0.1) is 5.82 Å². The largest absolute Gasteiger partial charge is 0.381 e. The molecule has 1 heterocycles. The maximum absolute atomic E-state index is 13.6. The van der Waals surface area contributed by atoms with Crippen molar-refractivity contribution in [3.05, 3.63) is 29.6 Å². The molecule has 3 nitrogen and oxygen atoms in total. The molecule has 1 aliphatic heterocycles. The Morgan fingerprint density at radius 1 is 1.33 bits per heavy atom. The second-order valence-electron chi connectivity index (χ2n) is 4.80. The highest BCUT2D eigenvalue weighted by atomic mass is 19.1. The second kappa shape index (κ2) is 6.16. The van der Waals surface area contributed by atoms with Gasteiger partial charge < -0.3 is 15.0 Å². The van der Waals surface area contributed by atoms with Crippen LogP contribution in [0.25, 0.3) is 0 Å². The molecule has 2 rings (SSSR count). The van der Waals surface area contributed by atoms with E-state index in [2.05, 4.69) is 16.3 Å². The van der Waals surface area contributed by atoms with E-state index >= 15 is 0 Å². The smallest absolute Gasteiger partial charge is 0.125 e. The zero-order chi connectivity index (χ0) is 13.0. The molecule has 1 saturated heterocycles. The Bertz CT molecular complexity index is 391. The van der Waals surface area contributed by atoms with E-state index in [1.54, 1.807) is 12.1 Å². The number of nitrogens with zero attached hydrogens (tertiary/aromatic N) is 1. The van der Waals surface area contributed by atoms with E-state index in [9.17, 15) is 4.39 Å². The van der Waals surface area contributed by atoms with Crippen LogP contribution in [0.5, 0.6) is 0 Å². The van der Waals surface area contributed by atoms with Crippen LogP contribution >= 0.6 is 0 Å². The fourth-order valence-corrected chi connectivity index (χ4v) is 2.43. The summed E-state index contributed by atoms with van der Waals surface area (Å²) in [6.45, 7) is 2.29. The minimum Gasteiger partial charge on any atom is -0.381 e. The van der Waals surface area contributed by atoms with E-state index < -0.39 is 0 Å². The topological polar surface area (TPSA) is 24.5 Å². The number of hydrogen-bond donors (Lipinski definition) is 1. The van der Waals surface area contributed by atoms with E-state index in [1.807, 2.05) is 14.1 Å². The molecule has 0 spiro atoms. The van der Waals surface area contributed by atoms with Gasteiger partial charge in [-0.25, -0.2) is 4.39 Å². The van der Waals surface area contributed by atoms with Crippen molar-refractivity contribution >= 4 is 5.69 Å². The summed E-state index contributed by atoms with van der Waals surface area (Å²) in [5.74, 6) is -0.170. The quantitative estimate of drug-likeness (QED) is 0.888. The molecule has 1 aromatic carbocycles. The molecule has 0 atom stereocenters. The van der Waals surface area contributed by atoms with Crippen molar-refractivity contribution in [3.8, 4) is 0 Å². The van der Waals surface area contributed by atoms with Crippen LogP contribution in [-0.4, -0.2) is 33.4 Å². The van der Waals surface area contributed by atoms with E-state index in [4.69, 9.17) is 4.74 Å². The normalized spacial score (nSPS) is 16.8. The van der Waals surface area contributed by atoms with Crippen molar-refractivity contribution in [1.29, 1.82) is 0 Å². The maximum atomic E-state index is 13.6. The van der Waals surface area contributed by atoms with Crippen molar-refractivity contribution in [3.63, 3.8) is 0 Å². The second-order valence-corrected chi connectivity index (χ2v) is 4.80. The summed E-state index contributed by atoms with van der Waals surface area (Å²) in [6.07, 6.45) is 2.02. The Hall–Kier alpha value is -1.13. The van der Waals surface area contributed by atoms with Crippen LogP contribution in [0.2, 0.25) is 0 Å². The van der Waals surface area contributed by atoms with Gasteiger partial charge in [0.25, 0.3) is 0 Å². The molecule has 0 amide bonds. The molecular weight excluding hydrogens is 231 g/mol. The Labute approximate surface area is 108 Å². The lowest BCUT2D eigenvalue weighted by Gasteiger charge is -2.33. The predicted molar refractivity (Wildman–Crippen MR) is 71.4 cm³/mol. The molecule has 0 aliphatic carbocycles. The minimum absolute atomic E-state index is 0.170. The van der Waals surface area contributed by atoms with Gasteiger partial charge in [0.2, 0.25) is 0 Å². The lowest BCUT2D eigenvalue weighted by atomic mass is 10.1. The van der Waals surface area contributed by atoms with Crippen molar-refractivity contribution < 1.29 is 9.13 Å². The molecule has 1 aromatic rings. The SMILES string of the molecule is CNCc1cc(F)cc(N(C)C2CCOCC2)c1. The first-order chi connectivity index (χ1) is 8.70. The average molecular weight is 252 g/mol. The third-order valence-corrected chi connectivity index (χ3v) is 3.47. The summed E-state index contributed by atoms with van der Waals surface area (Å²) in [7, 11) is 3.90. The number of hydrogen-bond acceptors (Lipinski definition) is 3. The van der Waals surface area contributed by atoms with Gasteiger partial charge in [-0.05, 0) is 43.7 Å². The molecular formula is C14H21FN2O. The van der Waals surface area contributed by atoms with Gasteiger partial charge in [0, 0.05) is 38.5 Å². The molecule has 0 radical (unpaired) electrons. The van der Waals surface area contributed by atoms with Crippen LogP contribution in [0.15, 0.2) is 18.2 Å². The molecule has 1 fully saturated rings. The van der Waals surface area contributed by atoms with Crippen LogP contribution in [0.4, 0.5) is 10.1 Å². The van der Waals surface area contributed by atoms with Gasteiger partial charge in [-0.3, -0.25) is 0 Å². The fraction of sp³-hybridized carbons (Fsp3) is 0.571. The van der Waals surface area contributed by atoms with Crippen LogP contribution < -0.4 is 10.2 Å². The van der Waals surface area contributed by atoms with Gasteiger partial charge in [-0.2, -0.15) is 0 Å². The highest BCUT2D eigenvalue weighted by Gasteiger charge is 2.19. The first kappa shape index (κ1) is 13.3. The summed E-state index contributed by atoms with van der Waals surface area (Å²) >= 11 is 0. The van der Waals surface area contributed by atoms with Gasteiger partial charge in [-0.1, -0.05) is 0 Å². The molecule has 18 heavy (non-hydrogen) atoms. The monoisotopic (exact) mass is 252 g/mol. The summed E-state index contributed by atoms with van der Waals surface area (Å²) in [6, 6.07) is 5.68. The van der Waals surface area contributed by atoms with Gasteiger partial charge in [0.05, 0.1) is 0 Å². The number of nitrogens with one attached hydrogen (secondary N) is 1. The number of halogens is 1. The van der Waals surface area contributed by atoms with Gasteiger partial charge in [-0.15, -0.1) is 0 Å². The number of anilines is 1. The molecule has 100 valence electrons. The molecule has 0 bridgehead atoms. The van der Waals surface area contributed by atoms with Crippen LogP contribution in [0.1, 0.15) is 18.4 Å². The summed E-state index contributed by atoms with van der Waals surface area (Å²) in [5.41, 5.74) is 1.93. The zero-order valence-corrected chi connectivity index (χ0v) is 11.1. The van der Waals surface area contributed by atoms with E-state index in [0.717, 1.165) is 37.3 Å². The minimum atomic E-state index is -0.170. The van der Waals surface area contributed by atoms with Crippen LogP contribution in [0.3, 0.4) is 0 Å². The summed E-state index contributed by atoms with van der Waals surface area (Å²) < 4.78 is 19.0. The first-order valence-corrected chi connectivity index (χ1v) is 6.45. The van der Waals surface area contributed by atoms with Crippen molar-refractivity contribution in [2.45, 2.75) is 25.4 Å². The highest BCUT2D eigenvalue weighted by Crippen LogP contribution is 2.23. The van der Waals surface area contributed by atoms with E-state index in [1.165, 1.54) is 0 Å². The average Bonchev–Trinajstić information content (AvgIpc) is 2.38. The Morgan fingerprint density at radius 3 is 2.72 bits per heavy atom. The maximum Gasteiger partial charge on any atom is 0.125 e. The van der Waals surface area contributed by atoms with Gasteiger partial charge >= 0.3 is 0 Å². The Kier molecular flexibility index (Phi) is 4.55. The number of rotatable bonds is 4. The number of benzene rings is 1. The van der Waals surface area contributed by atoms with Crippen molar-refractivity contribution in [1.82, 2.24) is 5.32 Å². The zero-order valence-electron chi connectivity index (χ0n) is 11.1. The van der Waals surface area contributed by atoms with Gasteiger partial charge in [0.15, 0.2) is 0 Å². The third kappa shape index (κ3) is 3.21. The Morgan fingerprint density at radius 2 is 2.06 bits per heavy atom. The molecule has 1 N–H and O–H groups in total. The van der Waals surface area contributed by atoms with Crippen LogP contribution in [-0.2, 0) is 11.3 Å². The van der Waals surface area contributed by atoms with Gasteiger partial charge in [0.1, 0.15) is 5.82 Å². The molecule has 0 saturated carbocycles. The molecule has 4 heteroatoms. The third-order valence-electron chi connectivity index (χ3n) is 3.47. The first-order valence-electron chi connectivity index (χ1n) is 6.45. The molecule has 0 aromatic heterocycles. The standard InChI is InChI=1S/C14H21FN2O/c1-16-10-11-7-12(15)9-14(8-11)17(2)13-3-5-18-6-4-13/h7-9,13,16H,3-6,10H2,1-2H3. The summed E-state index contributed by atoms with van der Waals surface area (Å²) in [4.78, 5) is 2.17. The van der Waals surface area contributed by atoms with Crippen molar-refractivity contribution in [2.24, 2.45) is 0 Å². The Balaban J connectivity index is 2.15. The molecule has 1 aliphatic rings. The fourth-order valence-electron chi connectivity index (χ4n) is 2.43. The lowest BCUT2D eigenvalue weighted by Crippen LogP contribution is -2.36. The van der Waals surface area contributed by atoms with E-state index in [0.29, 0.717) is 12.6 Å². The number of ether oxygens (including phenoxy) is 1. The lowest BCUT2D eigenvalue weighted by molar-refractivity contribution is 0.0855. The summed E-state index contributed by atoms with van der Waals surface area (Å²) in [5, 5.41) is 3.05. The predicted octanol–water partition coefficient (Wildman–Crippen LogP) is 2.16. The van der Waals surface area contributed by atoms with E-state index in [-0.39, 0.29) is 5.82 Å². The molecule has 0 unspecified atom stereocenters. The van der Waals surface area contributed by atoms with Crippen molar-refractivity contribution in [2.75, 3.05) is 32.2 Å².